The molecule has 0 aliphatic heterocycles. The van der Waals surface area contributed by atoms with Gasteiger partial charge in [-0.05, 0) is 86.0 Å². The number of nitro benzene ring substituents is 1. The highest BCUT2D eigenvalue weighted by Gasteiger charge is 2.17. The second kappa shape index (κ2) is 9.58. The number of fused-ring (bicyclic) bond motifs is 1. The minimum absolute atomic E-state index is 0.0512. The molecule has 3 aromatic carbocycles. The smallest absolute Gasteiger partial charge is 0.280 e. The number of carbonyl (C=O) groups excluding carboxylic acids is 1. The Morgan fingerprint density at radius 2 is 1.73 bits per heavy atom. The molecule has 0 aliphatic rings. The van der Waals surface area contributed by atoms with Crippen molar-refractivity contribution in [3.8, 4) is 22.8 Å². The van der Waals surface area contributed by atoms with Crippen LogP contribution in [-0.2, 0) is 4.79 Å². The SMILES string of the molecule is Cc1cc2nc(-c3ccc(C)c(NC(=O)/C=C/c4ccc(-c5ccccc5[N+](=O)[O-])o4)c3)oc2cc1C. The van der Waals surface area contributed by atoms with Crippen LogP contribution in [0.5, 0.6) is 0 Å². The molecule has 8 heteroatoms. The molecule has 1 amide bonds. The average Bonchev–Trinajstić information content (AvgIpc) is 3.51. The third-order valence-electron chi connectivity index (χ3n) is 6.14. The van der Waals surface area contributed by atoms with Crippen molar-refractivity contribution in [3.05, 3.63) is 105 Å². The number of nitrogens with zero attached hydrogens (tertiary/aromatic N) is 2. The Morgan fingerprint density at radius 3 is 2.54 bits per heavy atom. The Bertz CT molecular complexity index is 1650. The average molecular weight is 494 g/mol. The van der Waals surface area contributed by atoms with Gasteiger partial charge in [-0.2, -0.15) is 0 Å². The lowest BCUT2D eigenvalue weighted by atomic mass is 10.1. The van der Waals surface area contributed by atoms with E-state index in [1.165, 1.54) is 18.2 Å². The molecule has 2 heterocycles. The van der Waals surface area contributed by atoms with Crippen molar-refractivity contribution in [1.29, 1.82) is 0 Å². The van der Waals surface area contributed by atoms with Gasteiger partial charge < -0.3 is 14.2 Å². The van der Waals surface area contributed by atoms with Crippen molar-refractivity contribution in [1.82, 2.24) is 4.98 Å². The highest BCUT2D eigenvalue weighted by molar-refractivity contribution is 6.02. The highest BCUT2D eigenvalue weighted by Crippen LogP contribution is 2.32. The van der Waals surface area contributed by atoms with E-state index in [0.29, 0.717) is 34.2 Å². The Balaban J connectivity index is 1.33. The van der Waals surface area contributed by atoms with Gasteiger partial charge in [0.25, 0.3) is 5.69 Å². The molecular formula is C29H23N3O5. The quantitative estimate of drug-likeness (QED) is 0.152. The maximum atomic E-state index is 12.7. The maximum absolute atomic E-state index is 12.7. The lowest BCUT2D eigenvalue weighted by Gasteiger charge is -2.07. The van der Waals surface area contributed by atoms with Gasteiger partial charge in [-0.3, -0.25) is 14.9 Å². The van der Waals surface area contributed by atoms with Crippen LogP contribution < -0.4 is 5.32 Å². The van der Waals surface area contributed by atoms with Crippen LogP contribution in [0.15, 0.2) is 81.6 Å². The number of furan rings is 1. The molecule has 0 atom stereocenters. The van der Waals surface area contributed by atoms with E-state index in [9.17, 15) is 14.9 Å². The van der Waals surface area contributed by atoms with Crippen molar-refractivity contribution in [3.63, 3.8) is 0 Å². The number of aromatic nitrogens is 1. The molecule has 1 N–H and O–H groups in total. The van der Waals surface area contributed by atoms with E-state index >= 15 is 0 Å². The Hall–Kier alpha value is -4.98. The van der Waals surface area contributed by atoms with Crippen LogP contribution in [0, 0.1) is 30.9 Å². The van der Waals surface area contributed by atoms with Gasteiger partial charge in [0, 0.05) is 23.4 Å². The summed E-state index contributed by atoms with van der Waals surface area (Å²) < 4.78 is 11.7. The Kier molecular flexibility index (Phi) is 6.15. The van der Waals surface area contributed by atoms with Crippen LogP contribution >= 0.6 is 0 Å². The molecule has 0 saturated carbocycles. The molecule has 5 aromatic rings. The zero-order valence-corrected chi connectivity index (χ0v) is 20.4. The Morgan fingerprint density at radius 1 is 0.946 bits per heavy atom. The van der Waals surface area contributed by atoms with Crippen LogP contribution in [0.2, 0.25) is 0 Å². The number of para-hydroxylation sites is 1. The number of hydrogen-bond acceptors (Lipinski definition) is 6. The van der Waals surface area contributed by atoms with Crippen LogP contribution in [0.3, 0.4) is 0 Å². The topological polar surface area (TPSA) is 111 Å². The maximum Gasteiger partial charge on any atom is 0.280 e. The number of amides is 1. The molecule has 5 rings (SSSR count). The van der Waals surface area contributed by atoms with E-state index in [1.54, 1.807) is 30.3 Å². The van der Waals surface area contributed by atoms with Crippen LogP contribution in [0.4, 0.5) is 11.4 Å². The second-order valence-electron chi connectivity index (χ2n) is 8.75. The summed E-state index contributed by atoms with van der Waals surface area (Å²) in [4.78, 5) is 28.1. The fourth-order valence-electron chi connectivity index (χ4n) is 3.95. The Labute approximate surface area is 212 Å². The summed E-state index contributed by atoms with van der Waals surface area (Å²) in [6, 6.07) is 19.2. The molecule has 0 unspecified atom stereocenters. The summed E-state index contributed by atoms with van der Waals surface area (Å²) >= 11 is 0. The van der Waals surface area contributed by atoms with Gasteiger partial charge in [0.2, 0.25) is 11.8 Å². The molecular weight excluding hydrogens is 470 g/mol. The zero-order valence-electron chi connectivity index (χ0n) is 20.4. The predicted octanol–water partition coefficient (Wildman–Crippen LogP) is 7.24. The summed E-state index contributed by atoms with van der Waals surface area (Å²) in [5.41, 5.74) is 6.34. The molecule has 8 nitrogen and oxygen atoms in total. The monoisotopic (exact) mass is 493 g/mol. The summed E-state index contributed by atoms with van der Waals surface area (Å²) in [5.74, 6) is 0.863. The molecule has 0 aliphatic carbocycles. The minimum Gasteiger partial charge on any atom is -0.456 e. The van der Waals surface area contributed by atoms with Gasteiger partial charge in [-0.1, -0.05) is 18.2 Å². The van der Waals surface area contributed by atoms with Crippen molar-refractivity contribution < 1.29 is 18.6 Å². The first-order valence-corrected chi connectivity index (χ1v) is 11.6. The first-order chi connectivity index (χ1) is 17.8. The fourth-order valence-corrected chi connectivity index (χ4v) is 3.95. The van der Waals surface area contributed by atoms with E-state index in [-0.39, 0.29) is 11.6 Å². The van der Waals surface area contributed by atoms with Crippen LogP contribution in [-0.4, -0.2) is 15.8 Å². The number of rotatable bonds is 6. The number of anilines is 1. The number of carbonyl (C=O) groups is 1. The summed E-state index contributed by atoms with van der Waals surface area (Å²) in [7, 11) is 0. The number of nitro groups is 1. The van der Waals surface area contributed by atoms with E-state index in [1.807, 2.05) is 51.1 Å². The molecule has 0 saturated heterocycles. The van der Waals surface area contributed by atoms with E-state index in [0.717, 1.165) is 27.8 Å². The lowest BCUT2D eigenvalue weighted by Crippen LogP contribution is -2.09. The molecule has 0 radical (unpaired) electrons. The molecule has 37 heavy (non-hydrogen) atoms. The minimum atomic E-state index is -0.458. The zero-order chi connectivity index (χ0) is 26.1. The predicted molar refractivity (Wildman–Crippen MR) is 142 cm³/mol. The summed E-state index contributed by atoms with van der Waals surface area (Å²) in [5, 5.41) is 14.2. The van der Waals surface area contributed by atoms with Crippen molar-refractivity contribution in [2.45, 2.75) is 20.8 Å². The fraction of sp³-hybridized carbons (Fsp3) is 0.103. The first-order valence-electron chi connectivity index (χ1n) is 11.6. The van der Waals surface area contributed by atoms with Gasteiger partial charge in [-0.15, -0.1) is 0 Å². The summed E-state index contributed by atoms with van der Waals surface area (Å²) in [6.07, 6.45) is 2.86. The lowest BCUT2D eigenvalue weighted by molar-refractivity contribution is -0.384. The number of oxazole rings is 1. The van der Waals surface area contributed by atoms with Crippen molar-refractivity contribution in [2.75, 3.05) is 5.32 Å². The van der Waals surface area contributed by atoms with E-state index in [4.69, 9.17) is 8.83 Å². The second-order valence-corrected chi connectivity index (χ2v) is 8.75. The third-order valence-corrected chi connectivity index (χ3v) is 6.14. The van der Waals surface area contributed by atoms with Crippen molar-refractivity contribution in [2.24, 2.45) is 0 Å². The van der Waals surface area contributed by atoms with Crippen LogP contribution in [0.1, 0.15) is 22.5 Å². The molecule has 2 aromatic heterocycles. The summed E-state index contributed by atoms with van der Waals surface area (Å²) in [6.45, 7) is 5.96. The molecule has 0 spiro atoms. The van der Waals surface area contributed by atoms with Crippen LogP contribution in [0.25, 0.3) is 40.0 Å². The first kappa shape index (κ1) is 23.7. The molecule has 0 fully saturated rings. The molecule has 0 bridgehead atoms. The molecule has 184 valence electrons. The normalized spacial score (nSPS) is 11.3. The van der Waals surface area contributed by atoms with Gasteiger partial charge in [0.15, 0.2) is 5.58 Å². The van der Waals surface area contributed by atoms with Gasteiger partial charge in [-0.25, -0.2) is 4.98 Å². The van der Waals surface area contributed by atoms with Gasteiger partial charge >= 0.3 is 0 Å². The number of benzene rings is 3. The number of hydrogen-bond donors (Lipinski definition) is 1. The number of aryl methyl sites for hydroxylation is 3. The highest BCUT2D eigenvalue weighted by atomic mass is 16.6. The standard InChI is InChI=1S/C29H23N3O5/c1-17-8-9-20(29-31-24-14-18(2)19(3)15-27(24)37-29)16-23(17)30-28(33)13-11-21-10-12-26(36-21)22-6-4-5-7-25(22)32(34)35/h4-16H,1-3H3,(H,30,33)/b13-11+. The van der Waals surface area contributed by atoms with E-state index in [2.05, 4.69) is 10.3 Å². The third kappa shape index (κ3) is 4.90. The van der Waals surface area contributed by atoms with Gasteiger partial charge in [0.1, 0.15) is 17.0 Å². The van der Waals surface area contributed by atoms with Crippen molar-refractivity contribution >= 4 is 34.5 Å². The van der Waals surface area contributed by atoms with Gasteiger partial charge in [0.05, 0.1) is 10.5 Å². The number of nitrogens with one attached hydrogen (secondary N) is 1. The largest absolute Gasteiger partial charge is 0.456 e. The van der Waals surface area contributed by atoms with E-state index < -0.39 is 4.92 Å².